The average molecular weight is 350 g/mol. The fourth-order valence-corrected chi connectivity index (χ4v) is 2.55. The molecule has 0 bridgehead atoms. The second-order valence-electron chi connectivity index (χ2n) is 4.16. The standard InChI is InChI=1S/C13H11IN4/c1-18-7-10(6-17-18)8-2-3-9-5-16-13(15)12(14)11(9)4-8/h2-7H,1H3,(H2,15,16). The molecule has 90 valence electrons. The Hall–Kier alpha value is -1.63. The molecule has 0 spiro atoms. The normalized spacial score (nSPS) is 11.0. The molecule has 0 aliphatic rings. The molecule has 0 aliphatic carbocycles. The quantitative estimate of drug-likeness (QED) is 0.687. The predicted octanol–water partition coefficient (Wildman–Crippen LogP) is 2.82. The number of pyridine rings is 1. The molecule has 2 N–H and O–H groups in total. The van der Waals surface area contributed by atoms with Crippen molar-refractivity contribution in [2.45, 2.75) is 0 Å². The van der Waals surface area contributed by atoms with Gasteiger partial charge in [-0.2, -0.15) is 5.10 Å². The Labute approximate surface area is 118 Å². The Morgan fingerprint density at radius 3 is 2.78 bits per heavy atom. The first-order valence-corrected chi connectivity index (χ1v) is 6.56. The van der Waals surface area contributed by atoms with Crippen molar-refractivity contribution in [3.8, 4) is 11.1 Å². The van der Waals surface area contributed by atoms with Gasteiger partial charge in [-0.15, -0.1) is 0 Å². The number of halogens is 1. The minimum atomic E-state index is 0.575. The van der Waals surface area contributed by atoms with Crippen LogP contribution in [-0.2, 0) is 7.05 Å². The minimum Gasteiger partial charge on any atom is -0.383 e. The highest BCUT2D eigenvalue weighted by atomic mass is 127. The van der Waals surface area contributed by atoms with Gasteiger partial charge in [-0.25, -0.2) is 4.98 Å². The van der Waals surface area contributed by atoms with Crippen LogP contribution in [0, 0.1) is 3.57 Å². The zero-order chi connectivity index (χ0) is 12.7. The van der Waals surface area contributed by atoms with Gasteiger partial charge >= 0.3 is 0 Å². The van der Waals surface area contributed by atoms with Gasteiger partial charge in [-0.05, 0) is 34.2 Å². The van der Waals surface area contributed by atoms with E-state index in [0.717, 1.165) is 25.5 Å². The highest BCUT2D eigenvalue weighted by molar-refractivity contribution is 14.1. The van der Waals surface area contributed by atoms with E-state index < -0.39 is 0 Å². The van der Waals surface area contributed by atoms with E-state index in [4.69, 9.17) is 5.73 Å². The largest absolute Gasteiger partial charge is 0.383 e. The second-order valence-corrected chi connectivity index (χ2v) is 5.24. The van der Waals surface area contributed by atoms with E-state index in [-0.39, 0.29) is 0 Å². The van der Waals surface area contributed by atoms with Crippen LogP contribution in [-0.4, -0.2) is 14.8 Å². The molecule has 5 heteroatoms. The van der Waals surface area contributed by atoms with E-state index in [1.807, 2.05) is 19.4 Å². The van der Waals surface area contributed by atoms with E-state index in [9.17, 15) is 0 Å². The molecule has 4 nitrogen and oxygen atoms in total. The molecule has 0 saturated carbocycles. The zero-order valence-electron chi connectivity index (χ0n) is 9.76. The summed E-state index contributed by atoms with van der Waals surface area (Å²) in [6.07, 6.45) is 5.66. The molecule has 2 aromatic heterocycles. The Morgan fingerprint density at radius 1 is 1.22 bits per heavy atom. The van der Waals surface area contributed by atoms with Crippen LogP contribution in [0.2, 0.25) is 0 Å². The van der Waals surface area contributed by atoms with E-state index in [2.05, 4.69) is 50.9 Å². The van der Waals surface area contributed by atoms with Crippen molar-refractivity contribution in [3.63, 3.8) is 0 Å². The third-order valence-electron chi connectivity index (χ3n) is 2.90. The summed E-state index contributed by atoms with van der Waals surface area (Å²) in [6, 6.07) is 6.27. The number of nitrogens with zero attached hydrogens (tertiary/aromatic N) is 3. The van der Waals surface area contributed by atoms with Crippen LogP contribution in [0.3, 0.4) is 0 Å². The van der Waals surface area contributed by atoms with Crippen LogP contribution in [0.5, 0.6) is 0 Å². The van der Waals surface area contributed by atoms with Gasteiger partial charge in [-0.1, -0.05) is 12.1 Å². The number of nitrogens with two attached hydrogens (primary N) is 1. The minimum absolute atomic E-state index is 0.575. The molecule has 0 aliphatic heterocycles. The number of anilines is 1. The summed E-state index contributed by atoms with van der Waals surface area (Å²) in [4.78, 5) is 4.17. The van der Waals surface area contributed by atoms with Crippen LogP contribution in [0.4, 0.5) is 5.82 Å². The monoisotopic (exact) mass is 350 g/mol. The van der Waals surface area contributed by atoms with Crippen molar-refractivity contribution in [1.82, 2.24) is 14.8 Å². The number of aryl methyl sites for hydroxylation is 1. The van der Waals surface area contributed by atoms with Crippen molar-refractivity contribution in [3.05, 3.63) is 40.4 Å². The van der Waals surface area contributed by atoms with Crippen LogP contribution < -0.4 is 5.73 Å². The molecule has 18 heavy (non-hydrogen) atoms. The topological polar surface area (TPSA) is 56.7 Å². The smallest absolute Gasteiger partial charge is 0.137 e. The third-order valence-corrected chi connectivity index (χ3v) is 4.03. The van der Waals surface area contributed by atoms with Gasteiger partial charge in [0.1, 0.15) is 5.82 Å². The second kappa shape index (κ2) is 4.24. The first kappa shape index (κ1) is 11.5. The van der Waals surface area contributed by atoms with Crippen LogP contribution in [0.1, 0.15) is 0 Å². The van der Waals surface area contributed by atoms with E-state index >= 15 is 0 Å². The summed E-state index contributed by atoms with van der Waals surface area (Å²) in [7, 11) is 1.91. The summed E-state index contributed by atoms with van der Waals surface area (Å²) in [5, 5.41) is 6.42. The SMILES string of the molecule is Cn1cc(-c2ccc3cnc(N)c(I)c3c2)cn1. The van der Waals surface area contributed by atoms with Gasteiger partial charge in [-0.3, -0.25) is 4.68 Å². The van der Waals surface area contributed by atoms with Crippen molar-refractivity contribution in [2.75, 3.05) is 5.73 Å². The molecule has 0 saturated heterocycles. The highest BCUT2D eigenvalue weighted by Crippen LogP contribution is 2.28. The molecule has 2 heterocycles. The summed E-state index contributed by atoms with van der Waals surface area (Å²) < 4.78 is 2.79. The number of hydrogen-bond acceptors (Lipinski definition) is 3. The summed E-state index contributed by atoms with van der Waals surface area (Å²) in [6.45, 7) is 0. The van der Waals surface area contributed by atoms with Crippen molar-refractivity contribution < 1.29 is 0 Å². The van der Waals surface area contributed by atoms with E-state index in [0.29, 0.717) is 5.82 Å². The van der Waals surface area contributed by atoms with Gasteiger partial charge in [0.15, 0.2) is 0 Å². The van der Waals surface area contributed by atoms with Gasteiger partial charge in [0.25, 0.3) is 0 Å². The lowest BCUT2D eigenvalue weighted by atomic mass is 10.1. The lowest BCUT2D eigenvalue weighted by molar-refractivity contribution is 0.768. The van der Waals surface area contributed by atoms with Crippen LogP contribution >= 0.6 is 22.6 Å². The van der Waals surface area contributed by atoms with Gasteiger partial charge in [0.2, 0.25) is 0 Å². The van der Waals surface area contributed by atoms with Crippen molar-refractivity contribution >= 4 is 39.2 Å². The highest BCUT2D eigenvalue weighted by Gasteiger charge is 2.06. The first-order valence-electron chi connectivity index (χ1n) is 5.48. The number of rotatable bonds is 1. The number of hydrogen-bond donors (Lipinski definition) is 1. The predicted molar refractivity (Wildman–Crippen MR) is 81.1 cm³/mol. The number of fused-ring (bicyclic) bond motifs is 1. The van der Waals surface area contributed by atoms with Crippen LogP contribution in [0.25, 0.3) is 21.9 Å². The lowest BCUT2D eigenvalue weighted by Gasteiger charge is -2.05. The van der Waals surface area contributed by atoms with Gasteiger partial charge < -0.3 is 5.73 Å². The van der Waals surface area contributed by atoms with E-state index in [1.54, 1.807) is 10.9 Å². The molecule has 0 amide bonds. The van der Waals surface area contributed by atoms with Crippen molar-refractivity contribution in [1.29, 1.82) is 0 Å². The Morgan fingerprint density at radius 2 is 2.06 bits per heavy atom. The summed E-state index contributed by atoms with van der Waals surface area (Å²) in [5.41, 5.74) is 8.08. The Kier molecular flexibility index (Phi) is 2.70. The van der Waals surface area contributed by atoms with E-state index in [1.165, 1.54) is 0 Å². The maximum atomic E-state index is 5.84. The third kappa shape index (κ3) is 1.84. The Balaban J connectivity index is 2.24. The fraction of sp³-hybridized carbons (Fsp3) is 0.0769. The maximum Gasteiger partial charge on any atom is 0.137 e. The molecule has 0 fully saturated rings. The molecule has 0 unspecified atom stereocenters. The molecule has 0 atom stereocenters. The average Bonchev–Trinajstić information content (AvgIpc) is 2.80. The summed E-state index contributed by atoms with van der Waals surface area (Å²) >= 11 is 2.24. The number of nitrogen functional groups attached to an aromatic ring is 1. The zero-order valence-corrected chi connectivity index (χ0v) is 11.9. The molecular formula is C13H11IN4. The number of aromatic nitrogens is 3. The molecule has 3 aromatic rings. The van der Waals surface area contributed by atoms with Crippen molar-refractivity contribution in [2.24, 2.45) is 7.05 Å². The summed E-state index contributed by atoms with van der Waals surface area (Å²) in [5.74, 6) is 0.575. The van der Waals surface area contributed by atoms with Crippen LogP contribution in [0.15, 0.2) is 36.8 Å². The number of benzene rings is 1. The molecule has 0 radical (unpaired) electrons. The maximum absolute atomic E-state index is 5.84. The Bertz CT molecular complexity index is 733. The van der Waals surface area contributed by atoms with Gasteiger partial charge in [0, 0.05) is 35.8 Å². The first-order chi connectivity index (χ1) is 8.65. The lowest BCUT2D eigenvalue weighted by Crippen LogP contribution is -1.94. The molecule has 3 rings (SSSR count). The molecule has 1 aromatic carbocycles. The molecular weight excluding hydrogens is 339 g/mol. The van der Waals surface area contributed by atoms with Gasteiger partial charge in [0.05, 0.1) is 9.77 Å². The fourth-order valence-electron chi connectivity index (χ4n) is 1.94.